The van der Waals surface area contributed by atoms with Crippen LogP contribution in [0.1, 0.15) is 12.8 Å². The number of nitrogens with one attached hydrogen (secondary N) is 2. The largest absolute Gasteiger partial charge is 0.377 e. The fraction of sp³-hybridized carbons (Fsp3) is 0.538. The molecule has 1 saturated heterocycles. The van der Waals surface area contributed by atoms with Crippen molar-refractivity contribution in [3.63, 3.8) is 0 Å². The topological polar surface area (TPSA) is 76.4 Å². The number of benzene rings is 1. The molecule has 1 heterocycles. The second-order valence-electron chi connectivity index (χ2n) is 4.79. The minimum Gasteiger partial charge on any atom is -0.377 e. The van der Waals surface area contributed by atoms with E-state index in [9.17, 15) is 14.5 Å². The van der Waals surface area contributed by atoms with Crippen LogP contribution in [-0.4, -0.2) is 37.3 Å². The summed E-state index contributed by atoms with van der Waals surface area (Å²) in [4.78, 5) is 10.2. The van der Waals surface area contributed by atoms with Gasteiger partial charge in [-0.1, -0.05) is 11.6 Å². The molecule has 1 fully saturated rings. The summed E-state index contributed by atoms with van der Waals surface area (Å²) in [6, 6.07) is 2.04. The lowest BCUT2D eigenvalue weighted by Gasteiger charge is -2.23. The molecule has 0 atom stereocenters. The molecule has 0 amide bonds. The van der Waals surface area contributed by atoms with E-state index in [-0.39, 0.29) is 22.5 Å². The second-order valence-corrected chi connectivity index (χ2v) is 5.19. The Hall–Kier alpha value is -1.44. The van der Waals surface area contributed by atoms with E-state index in [1.54, 1.807) is 0 Å². The van der Waals surface area contributed by atoms with Crippen LogP contribution in [0.2, 0.25) is 5.02 Å². The molecule has 116 valence electrons. The summed E-state index contributed by atoms with van der Waals surface area (Å²) in [6.07, 6.45) is 2.14. The van der Waals surface area contributed by atoms with E-state index in [4.69, 9.17) is 16.3 Å². The Morgan fingerprint density at radius 3 is 2.86 bits per heavy atom. The first kappa shape index (κ1) is 15.9. The van der Waals surface area contributed by atoms with Gasteiger partial charge in [-0.15, -0.1) is 0 Å². The van der Waals surface area contributed by atoms with Crippen LogP contribution in [0.3, 0.4) is 0 Å². The number of hydrogen-bond acceptors (Lipinski definition) is 5. The van der Waals surface area contributed by atoms with Crippen molar-refractivity contribution in [3.05, 3.63) is 33.1 Å². The number of ether oxygens (including phenoxy) is 1. The third-order valence-corrected chi connectivity index (χ3v) is 3.58. The summed E-state index contributed by atoms with van der Waals surface area (Å²) in [6.45, 7) is 2.71. The molecule has 1 aliphatic heterocycles. The van der Waals surface area contributed by atoms with Gasteiger partial charge in [0.1, 0.15) is 11.5 Å². The molecule has 21 heavy (non-hydrogen) atoms. The van der Waals surface area contributed by atoms with Crippen molar-refractivity contribution < 1.29 is 14.1 Å². The molecule has 0 bridgehead atoms. The highest BCUT2D eigenvalue weighted by Gasteiger charge is 2.18. The van der Waals surface area contributed by atoms with E-state index in [1.165, 1.54) is 6.07 Å². The van der Waals surface area contributed by atoms with Gasteiger partial charge in [-0.25, -0.2) is 4.39 Å². The molecule has 0 spiro atoms. The average Bonchev–Trinajstić information content (AvgIpc) is 2.47. The summed E-state index contributed by atoms with van der Waals surface area (Å²) in [7, 11) is 0. The van der Waals surface area contributed by atoms with Crippen LogP contribution in [-0.2, 0) is 4.74 Å². The first-order valence-corrected chi connectivity index (χ1v) is 7.15. The van der Waals surface area contributed by atoms with Crippen molar-refractivity contribution in [3.8, 4) is 0 Å². The van der Waals surface area contributed by atoms with Gasteiger partial charge in [0.25, 0.3) is 5.69 Å². The predicted octanol–water partition coefficient (Wildman–Crippen LogP) is 2.57. The van der Waals surface area contributed by atoms with Crippen molar-refractivity contribution in [2.24, 2.45) is 0 Å². The molecule has 1 aliphatic rings. The first-order valence-electron chi connectivity index (χ1n) is 6.77. The summed E-state index contributed by atoms with van der Waals surface area (Å²) in [5, 5.41) is 16.8. The van der Waals surface area contributed by atoms with Crippen LogP contribution in [0, 0.1) is 15.9 Å². The zero-order valence-corrected chi connectivity index (χ0v) is 12.2. The van der Waals surface area contributed by atoms with Crippen LogP contribution in [0.25, 0.3) is 0 Å². The third-order valence-electron chi connectivity index (χ3n) is 3.29. The van der Waals surface area contributed by atoms with Gasteiger partial charge in [-0.3, -0.25) is 10.1 Å². The molecule has 2 rings (SSSR count). The quantitative estimate of drug-likeness (QED) is 0.479. The minimum atomic E-state index is -0.806. The van der Waals surface area contributed by atoms with Gasteiger partial charge in [-0.05, 0) is 32.0 Å². The zero-order chi connectivity index (χ0) is 15.2. The van der Waals surface area contributed by atoms with Crippen molar-refractivity contribution in [1.29, 1.82) is 0 Å². The Bertz CT molecular complexity index is 510. The van der Waals surface area contributed by atoms with Crippen LogP contribution in [0.4, 0.5) is 15.8 Å². The standard InChI is InChI=1S/C13H17ClFN3O3/c14-10-7-12(13(18(19)20)8-11(10)15)17-5-6-21-9-1-3-16-4-2-9/h7-9,16-17H,1-6H2. The maximum Gasteiger partial charge on any atom is 0.295 e. The van der Waals surface area contributed by atoms with Crippen LogP contribution >= 0.6 is 11.6 Å². The third kappa shape index (κ3) is 4.52. The molecule has 0 aromatic heterocycles. The average molecular weight is 318 g/mol. The molecule has 0 radical (unpaired) electrons. The maximum atomic E-state index is 13.3. The SMILES string of the molecule is O=[N+]([O-])c1cc(F)c(Cl)cc1NCCOC1CCNCC1. The van der Waals surface area contributed by atoms with E-state index in [0.29, 0.717) is 13.2 Å². The van der Waals surface area contributed by atoms with E-state index in [1.807, 2.05) is 0 Å². The lowest BCUT2D eigenvalue weighted by Crippen LogP contribution is -2.33. The monoisotopic (exact) mass is 317 g/mol. The number of nitro groups is 1. The highest BCUT2D eigenvalue weighted by Crippen LogP contribution is 2.30. The molecule has 0 unspecified atom stereocenters. The second kappa shape index (κ2) is 7.53. The number of halogens is 2. The number of rotatable bonds is 6. The Morgan fingerprint density at radius 2 is 2.19 bits per heavy atom. The number of nitro benzene ring substituents is 1. The van der Waals surface area contributed by atoms with E-state index < -0.39 is 10.7 Å². The molecule has 0 saturated carbocycles. The summed E-state index contributed by atoms with van der Waals surface area (Å²) < 4.78 is 18.9. The van der Waals surface area contributed by atoms with E-state index in [0.717, 1.165) is 32.0 Å². The number of anilines is 1. The van der Waals surface area contributed by atoms with Crippen molar-refractivity contribution in [2.45, 2.75) is 18.9 Å². The highest BCUT2D eigenvalue weighted by molar-refractivity contribution is 6.31. The first-order chi connectivity index (χ1) is 10.1. The molecule has 2 N–H and O–H groups in total. The zero-order valence-electron chi connectivity index (χ0n) is 11.4. The van der Waals surface area contributed by atoms with E-state index >= 15 is 0 Å². The van der Waals surface area contributed by atoms with Gasteiger partial charge in [-0.2, -0.15) is 0 Å². The highest BCUT2D eigenvalue weighted by atomic mass is 35.5. The minimum absolute atomic E-state index is 0.151. The van der Waals surface area contributed by atoms with Gasteiger partial charge in [0.05, 0.1) is 28.7 Å². The van der Waals surface area contributed by atoms with Crippen molar-refractivity contribution >= 4 is 23.0 Å². The lowest BCUT2D eigenvalue weighted by molar-refractivity contribution is -0.384. The van der Waals surface area contributed by atoms with E-state index in [2.05, 4.69) is 10.6 Å². The molecule has 8 heteroatoms. The Balaban J connectivity index is 1.87. The molecule has 1 aromatic rings. The molecule has 0 aliphatic carbocycles. The van der Waals surface area contributed by atoms with Gasteiger partial charge in [0.15, 0.2) is 0 Å². The van der Waals surface area contributed by atoms with Crippen LogP contribution < -0.4 is 10.6 Å². The maximum absolute atomic E-state index is 13.3. The predicted molar refractivity (Wildman–Crippen MR) is 78.4 cm³/mol. The smallest absolute Gasteiger partial charge is 0.295 e. The summed E-state index contributed by atoms with van der Waals surface area (Å²) in [5.74, 6) is -0.806. The van der Waals surface area contributed by atoms with Gasteiger partial charge in [0.2, 0.25) is 0 Å². The number of nitrogens with zero attached hydrogens (tertiary/aromatic N) is 1. The van der Waals surface area contributed by atoms with Crippen LogP contribution in [0.15, 0.2) is 12.1 Å². The molecular formula is C13H17ClFN3O3. The number of piperidine rings is 1. The summed E-state index contributed by atoms with van der Waals surface area (Å²) >= 11 is 5.65. The molecular weight excluding hydrogens is 301 g/mol. The fourth-order valence-electron chi connectivity index (χ4n) is 2.20. The molecule has 1 aromatic carbocycles. The van der Waals surface area contributed by atoms with Crippen molar-refractivity contribution in [2.75, 3.05) is 31.6 Å². The fourth-order valence-corrected chi connectivity index (χ4v) is 2.37. The number of hydrogen-bond donors (Lipinski definition) is 2. The molecule has 6 nitrogen and oxygen atoms in total. The Kier molecular flexibility index (Phi) is 5.72. The van der Waals surface area contributed by atoms with Gasteiger partial charge in [0, 0.05) is 6.54 Å². The lowest BCUT2D eigenvalue weighted by atomic mass is 10.1. The van der Waals surface area contributed by atoms with Crippen LogP contribution in [0.5, 0.6) is 0 Å². The Labute approximate surface area is 126 Å². The van der Waals surface area contributed by atoms with Gasteiger partial charge < -0.3 is 15.4 Å². The van der Waals surface area contributed by atoms with Crippen molar-refractivity contribution in [1.82, 2.24) is 5.32 Å². The normalized spacial score (nSPS) is 15.9. The Morgan fingerprint density at radius 1 is 1.48 bits per heavy atom. The van der Waals surface area contributed by atoms with Gasteiger partial charge >= 0.3 is 0 Å². The summed E-state index contributed by atoms with van der Waals surface area (Å²) in [5.41, 5.74) is -0.140.